The van der Waals surface area contributed by atoms with Crippen molar-refractivity contribution in [3.05, 3.63) is 28.7 Å². The molecule has 6 nitrogen and oxygen atoms in total. The average Bonchev–Trinajstić information content (AvgIpc) is 2.82. The van der Waals surface area contributed by atoms with Gasteiger partial charge in [0.05, 0.1) is 19.1 Å². The Morgan fingerprint density at radius 3 is 2.52 bits per heavy atom. The second-order valence-electron chi connectivity index (χ2n) is 5.69. The summed E-state index contributed by atoms with van der Waals surface area (Å²) in [6.45, 7) is 3.49. The number of aliphatic carboxylic acids is 1. The third-order valence-corrected chi connectivity index (χ3v) is 5.04. The number of thioether (sulfide) groups is 1. The van der Waals surface area contributed by atoms with E-state index in [1.165, 1.54) is 12.0 Å². The van der Waals surface area contributed by atoms with Gasteiger partial charge in [-0.15, -0.1) is 0 Å². The van der Waals surface area contributed by atoms with E-state index < -0.39 is 17.9 Å². The van der Waals surface area contributed by atoms with Gasteiger partial charge in [-0.05, 0) is 24.1 Å². The largest absolute Gasteiger partial charge is 0.497 e. The normalized spacial score (nSPS) is 17.3. The van der Waals surface area contributed by atoms with Crippen molar-refractivity contribution in [2.45, 2.75) is 19.9 Å². The molecule has 0 aromatic heterocycles. The Bertz CT molecular complexity index is 745. The molecule has 1 aromatic carbocycles. The Balaban J connectivity index is 2.39. The van der Waals surface area contributed by atoms with Crippen LogP contribution in [-0.4, -0.2) is 46.5 Å². The van der Waals surface area contributed by atoms with Gasteiger partial charge in [-0.3, -0.25) is 9.69 Å². The maximum Gasteiger partial charge on any atom is 0.327 e. The first-order valence-corrected chi connectivity index (χ1v) is 8.74. The molecule has 1 aliphatic heterocycles. The van der Waals surface area contributed by atoms with Gasteiger partial charge in [0.2, 0.25) is 0 Å². The van der Waals surface area contributed by atoms with E-state index in [2.05, 4.69) is 0 Å². The number of methoxy groups -OCH3 is 2. The first-order valence-electron chi connectivity index (χ1n) is 7.52. The summed E-state index contributed by atoms with van der Waals surface area (Å²) in [5.41, 5.74) is 0.681. The fourth-order valence-electron chi connectivity index (χ4n) is 2.49. The lowest BCUT2D eigenvalue weighted by molar-refractivity contribution is -0.146. The van der Waals surface area contributed by atoms with E-state index >= 15 is 0 Å². The van der Waals surface area contributed by atoms with Crippen molar-refractivity contribution in [3.8, 4) is 11.5 Å². The highest BCUT2D eigenvalue weighted by Gasteiger charge is 2.41. The van der Waals surface area contributed by atoms with E-state index in [0.717, 1.165) is 11.8 Å². The molecule has 134 valence electrons. The fraction of sp³-hybridized carbons (Fsp3) is 0.353. The van der Waals surface area contributed by atoms with Gasteiger partial charge in [-0.2, -0.15) is 0 Å². The van der Waals surface area contributed by atoms with Crippen LogP contribution in [0, 0.1) is 5.92 Å². The van der Waals surface area contributed by atoms with E-state index in [4.69, 9.17) is 21.7 Å². The molecular formula is C17H19NO5S2. The van der Waals surface area contributed by atoms with Crippen LogP contribution in [0.15, 0.2) is 23.1 Å². The van der Waals surface area contributed by atoms with Gasteiger partial charge >= 0.3 is 5.97 Å². The Hall–Kier alpha value is -2.06. The van der Waals surface area contributed by atoms with E-state index in [1.807, 2.05) is 0 Å². The molecule has 0 unspecified atom stereocenters. The molecule has 1 atom stereocenters. The number of carbonyl (C=O) groups excluding carboxylic acids is 1. The number of benzene rings is 1. The Labute approximate surface area is 155 Å². The molecule has 0 bridgehead atoms. The maximum absolute atomic E-state index is 12.7. The van der Waals surface area contributed by atoms with Crippen molar-refractivity contribution in [2.24, 2.45) is 5.92 Å². The summed E-state index contributed by atoms with van der Waals surface area (Å²) in [6, 6.07) is 4.24. The van der Waals surface area contributed by atoms with Crippen LogP contribution < -0.4 is 9.47 Å². The van der Waals surface area contributed by atoms with E-state index in [1.54, 1.807) is 45.2 Å². The van der Waals surface area contributed by atoms with Crippen molar-refractivity contribution in [1.82, 2.24) is 4.90 Å². The number of carboxylic acids is 1. The molecule has 0 spiro atoms. The van der Waals surface area contributed by atoms with Crippen molar-refractivity contribution < 1.29 is 24.2 Å². The van der Waals surface area contributed by atoms with Gasteiger partial charge < -0.3 is 14.6 Å². The summed E-state index contributed by atoms with van der Waals surface area (Å²) in [7, 11) is 3.08. The fourth-order valence-corrected chi connectivity index (χ4v) is 3.81. The van der Waals surface area contributed by atoms with Crippen LogP contribution in [0.4, 0.5) is 0 Å². The number of carbonyl (C=O) groups is 2. The van der Waals surface area contributed by atoms with Crippen LogP contribution in [0.5, 0.6) is 11.5 Å². The number of carboxylic acid groups (broad SMARTS) is 1. The topological polar surface area (TPSA) is 76.1 Å². The third-order valence-electron chi connectivity index (χ3n) is 3.71. The summed E-state index contributed by atoms with van der Waals surface area (Å²) < 4.78 is 10.7. The molecule has 1 saturated heterocycles. The first-order chi connectivity index (χ1) is 11.8. The highest BCUT2D eigenvalue weighted by molar-refractivity contribution is 8.26. The monoisotopic (exact) mass is 381 g/mol. The van der Waals surface area contributed by atoms with Gasteiger partial charge in [0, 0.05) is 11.6 Å². The molecule has 1 amide bonds. The highest BCUT2D eigenvalue weighted by atomic mass is 32.2. The number of amides is 1. The number of hydrogen-bond donors (Lipinski definition) is 1. The van der Waals surface area contributed by atoms with E-state index in [9.17, 15) is 14.7 Å². The van der Waals surface area contributed by atoms with Crippen LogP contribution in [0.2, 0.25) is 0 Å². The average molecular weight is 381 g/mol. The lowest BCUT2D eigenvalue weighted by Crippen LogP contribution is -2.47. The van der Waals surface area contributed by atoms with Gasteiger partial charge in [0.1, 0.15) is 21.9 Å². The smallest absolute Gasteiger partial charge is 0.327 e. The third kappa shape index (κ3) is 3.96. The number of hydrogen-bond acceptors (Lipinski definition) is 6. The second kappa shape index (κ2) is 7.88. The van der Waals surface area contributed by atoms with Gasteiger partial charge in [0.15, 0.2) is 0 Å². The molecule has 1 aliphatic rings. The van der Waals surface area contributed by atoms with Crippen LogP contribution in [0.1, 0.15) is 19.4 Å². The minimum absolute atomic E-state index is 0.241. The molecular weight excluding hydrogens is 362 g/mol. The van der Waals surface area contributed by atoms with Crippen LogP contribution in [0.3, 0.4) is 0 Å². The Kier molecular flexibility index (Phi) is 6.07. The van der Waals surface area contributed by atoms with Gasteiger partial charge in [-0.25, -0.2) is 4.79 Å². The van der Waals surface area contributed by atoms with Crippen molar-refractivity contribution >= 4 is 46.3 Å². The summed E-state index contributed by atoms with van der Waals surface area (Å²) in [6.07, 6.45) is 1.65. The lowest BCUT2D eigenvalue weighted by atomic mass is 10.0. The van der Waals surface area contributed by atoms with Gasteiger partial charge in [0.25, 0.3) is 5.91 Å². The zero-order valence-corrected chi connectivity index (χ0v) is 15.9. The predicted molar refractivity (Wildman–Crippen MR) is 101 cm³/mol. The van der Waals surface area contributed by atoms with Crippen molar-refractivity contribution in [3.63, 3.8) is 0 Å². The molecule has 25 heavy (non-hydrogen) atoms. The van der Waals surface area contributed by atoms with Crippen LogP contribution in [-0.2, 0) is 9.59 Å². The summed E-state index contributed by atoms with van der Waals surface area (Å²) in [4.78, 5) is 25.8. The summed E-state index contributed by atoms with van der Waals surface area (Å²) >= 11 is 6.33. The van der Waals surface area contributed by atoms with E-state index in [-0.39, 0.29) is 10.2 Å². The van der Waals surface area contributed by atoms with Crippen molar-refractivity contribution in [2.75, 3.05) is 14.2 Å². The molecule has 1 aromatic rings. The zero-order valence-electron chi connectivity index (χ0n) is 14.3. The number of ether oxygens (including phenoxy) is 2. The SMILES string of the molecule is COc1ccc(/C=C2\SC(=S)N([C@H](C(=O)O)C(C)C)C2=O)c(OC)c1. The van der Waals surface area contributed by atoms with Crippen LogP contribution in [0.25, 0.3) is 6.08 Å². The molecule has 8 heteroatoms. The minimum atomic E-state index is -1.07. The molecule has 1 heterocycles. The lowest BCUT2D eigenvalue weighted by Gasteiger charge is -2.26. The number of rotatable bonds is 6. The standard InChI is InChI=1S/C17H19NO5S2/c1-9(2)14(16(20)21)18-15(19)13(25-17(18)24)7-10-5-6-11(22-3)8-12(10)23-4/h5-9,14H,1-4H3,(H,20,21)/b13-7-/t14-/m0/s1. The first kappa shape index (κ1) is 19.3. The predicted octanol–water partition coefficient (Wildman–Crippen LogP) is 3.01. The van der Waals surface area contributed by atoms with E-state index in [0.29, 0.717) is 22.0 Å². The maximum atomic E-state index is 12.7. The van der Waals surface area contributed by atoms with Gasteiger partial charge in [-0.1, -0.05) is 37.8 Å². The molecule has 2 rings (SSSR count). The Morgan fingerprint density at radius 2 is 2.00 bits per heavy atom. The molecule has 0 radical (unpaired) electrons. The summed E-state index contributed by atoms with van der Waals surface area (Å²) in [5.74, 6) is -0.575. The van der Waals surface area contributed by atoms with Crippen molar-refractivity contribution in [1.29, 1.82) is 0 Å². The highest BCUT2D eigenvalue weighted by Crippen LogP contribution is 2.37. The number of thiocarbonyl (C=S) groups is 1. The molecule has 1 fully saturated rings. The minimum Gasteiger partial charge on any atom is -0.497 e. The molecule has 0 aliphatic carbocycles. The molecule has 1 N–H and O–H groups in total. The molecule has 0 saturated carbocycles. The van der Waals surface area contributed by atoms with Crippen LogP contribution >= 0.6 is 24.0 Å². The Morgan fingerprint density at radius 1 is 1.32 bits per heavy atom. The number of nitrogens with zero attached hydrogens (tertiary/aromatic N) is 1. The zero-order chi connectivity index (χ0) is 18.7. The second-order valence-corrected chi connectivity index (χ2v) is 7.36. The quantitative estimate of drug-likeness (QED) is 0.599. The summed E-state index contributed by atoms with van der Waals surface area (Å²) in [5, 5.41) is 9.44.